The van der Waals surface area contributed by atoms with E-state index in [0.29, 0.717) is 27.1 Å². The average molecular weight is 364 g/mol. The molecular formula is C16H11ClFN3O2S. The van der Waals surface area contributed by atoms with E-state index < -0.39 is 5.82 Å². The van der Waals surface area contributed by atoms with E-state index >= 15 is 0 Å². The number of amides is 1. The molecule has 1 N–H and O–H groups in total. The van der Waals surface area contributed by atoms with Crippen molar-refractivity contribution in [3.8, 4) is 17.0 Å². The number of rotatable bonds is 4. The maximum Gasteiger partial charge on any atom is 0.259 e. The summed E-state index contributed by atoms with van der Waals surface area (Å²) in [5.41, 5.74) is 1.52. The molecule has 0 aliphatic carbocycles. The van der Waals surface area contributed by atoms with Crippen molar-refractivity contribution < 1.29 is 13.9 Å². The maximum absolute atomic E-state index is 13.8. The van der Waals surface area contributed by atoms with Gasteiger partial charge in [0.1, 0.15) is 5.15 Å². The Hall–Kier alpha value is -2.51. The lowest BCUT2D eigenvalue weighted by Gasteiger charge is -2.03. The molecule has 0 atom stereocenters. The average Bonchev–Trinajstić information content (AvgIpc) is 3.04. The molecule has 0 spiro atoms. The molecule has 8 heteroatoms. The Balaban J connectivity index is 1.77. The zero-order chi connectivity index (χ0) is 17.1. The van der Waals surface area contributed by atoms with Crippen LogP contribution in [0.4, 0.5) is 9.52 Å². The molecule has 3 aromatic rings. The van der Waals surface area contributed by atoms with E-state index in [4.69, 9.17) is 16.3 Å². The third-order valence-electron chi connectivity index (χ3n) is 3.16. The van der Waals surface area contributed by atoms with Gasteiger partial charge in [0, 0.05) is 17.1 Å². The summed E-state index contributed by atoms with van der Waals surface area (Å²) in [6.07, 6.45) is 1.38. The highest BCUT2D eigenvalue weighted by Crippen LogP contribution is 2.28. The van der Waals surface area contributed by atoms with Gasteiger partial charge in [-0.2, -0.15) is 0 Å². The largest absolute Gasteiger partial charge is 0.494 e. The van der Waals surface area contributed by atoms with E-state index in [9.17, 15) is 9.18 Å². The highest BCUT2D eigenvalue weighted by molar-refractivity contribution is 7.14. The third-order valence-corrected chi connectivity index (χ3v) is 4.14. The number of nitrogens with zero attached hydrogens (tertiary/aromatic N) is 2. The van der Waals surface area contributed by atoms with Gasteiger partial charge in [-0.25, -0.2) is 14.4 Å². The first-order chi connectivity index (χ1) is 11.6. The summed E-state index contributed by atoms with van der Waals surface area (Å²) in [7, 11) is 1.40. The molecule has 122 valence electrons. The zero-order valence-corrected chi connectivity index (χ0v) is 14.0. The molecule has 2 heterocycles. The molecule has 3 rings (SSSR count). The molecule has 0 aliphatic rings. The summed E-state index contributed by atoms with van der Waals surface area (Å²) < 4.78 is 18.7. The van der Waals surface area contributed by atoms with E-state index in [1.54, 1.807) is 17.5 Å². The fourth-order valence-electron chi connectivity index (χ4n) is 1.97. The normalized spacial score (nSPS) is 10.5. The monoisotopic (exact) mass is 363 g/mol. The van der Waals surface area contributed by atoms with Gasteiger partial charge >= 0.3 is 0 Å². The lowest BCUT2D eigenvalue weighted by atomic mass is 10.1. The number of carbonyl (C=O) groups excluding carboxylic acids is 1. The van der Waals surface area contributed by atoms with Gasteiger partial charge in [-0.15, -0.1) is 11.3 Å². The number of anilines is 1. The number of nitrogens with one attached hydrogen (secondary N) is 1. The predicted molar refractivity (Wildman–Crippen MR) is 91.3 cm³/mol. The van der Waals surface area contributed by atoms with Crippen LogP contribution in [0.5, 0.6) is 5.75 Å². The maximum atomic E-state index is 13.8. The summed E-state index contributed by atoms with van der Waals surface area (Å²) in [6.45, 7) is 0. The van der Waals surface area contributed by atoms with E-state index in [1.165, 1.54) is 42.8 Å². The molecule has 0 saturated carbocycles. The number of pyridine rings is 1. The first-order valence-corrected chi connectivity index (χ1v) is 8.05. The van der Waals surface area contributed by atoms with Crippen molar-refractivity contribution in [1.82, 2.24) is 9.97 Å². The highest BCUT2D eigenvalue weighted by Gasteiger charge is 2.12. The number of hydrogen-bond donors (Lipinski definition) is 1. The fourth-order valence-corrected chi connectivity index (χ4v) is 2.80. The van der Waals surface area contributed by atoms with Crippen LogP contribution in [-0.4, -0.2) is 23.0 Å². The summed E-state index contributed by atoms with van der Waals surface area (Å²) in [5.74, 6) is -0.653. The van der Waals surface area contributed by atoms with Crippen molar-refractivity contribution in [2.75, 3.05) is 12.4 Å². The molecule has 0 fully saturated rings. The Kier molecular flexibility index (Phi) is 4.73. The molecule has 0 aliphatic heterocycles. The predicted octanol–water partition coefficient (Wildman–Crippen LogP) is 4.26. The van der Waals surface area contributed by atoms with Crippen LogP contribution in [0.2, 0.25) is 5.15 Å². The number of ether oxygens (including phenoxy) is 1. The molecule has 0 saturated heterocycles. The van der Waals surface area contributed by atoms with Crippen LogP contribution >= 0.6 is 22.9 Å². The molecular weight excluding hydrogens is 353 g/mol. The minimum Gasteiger partial charge on any atom is -0.494 e. The van der Waals surface area contributed by atoms with Gasteiger partial charge in [0.05, 0.1) is 18.4 Å². The quantitative estimate of drug-likeness (QED) is 0.703. The lowest BCUT2D eigenvalue weighted by Crippen LogP contribution is -2.11. The summed E-state index contributed by atoms with van der Waals surface area (Å²) in [5, 5.41) is 5.12. The number of methoxy groups -OCH3 is 1. The van der Waals surface area contributed by atoms with E-state index in [0.717, 1.165) is 0 Å². The SMILES string of the molecule is COc1ccc(-c2csc(NC(=O)c3ccc(Cl)nc3)n2)cc1F. The smallest absolute Gasteiger partial charge is 0.259 e. The number of halogens is 2. The van der Waals surface area contributed by atoms with E-state index in [2.05, 4.69) is 15.3 Å². The standard InChI is InChI=1S/C16H11ClFN3O2S/c1-23-13-4-2-9(6-11(13)18)12-8-24-16(20-12)21-15(22)10-3-5-14(17)19-7-10/h2-8H,1H3,(H,20,21,22). The summed E-state index contributed by atoms with van der Waals surface area (Å²) in [6, 6.07) is 7.66. The molecule has 0 bridgehead atoms. The van der Waals surface area contributed by atoms with Crippen molar-refractivity contribution in [3.63, 3.8) is 0 Å². The number of carbonyl (C=O) groups is 1. The van der Waals surface area contributed by atoms with Crippen LogP contribution in [0.3, 0.4) is 0 Å². The van der Waals surface area contributed by atoms with Gasteiger partial charge in [0.2, 0.25) is 0 Å². The third kappa shape index (κ3) is 3.52. The molecule has 0 unspecified atom stereocenters. The fraction of sp³-hybridized carbons (Fsp3) is 0.0625. The summed E-state index contributed by atoms with van der Waals surface area (Å²) in [4.78, 5) is 20.3. The van der Waals surface area contributed by atoms with Gasteiger partial charge in [0.25, 0.3) is 5.91 Å². The van der Waals surface area contributed by atoms with Crippen LogP contribution in [0.1, 0.15) is 10.4 Å². The minimum absolute atomic E-state index is 0.165. The Morgan fingerprint density at radius 3 is 2.83 bits per heavy atom. The van der Waals surface area contributed by atoms with Crippen molar-refractivity contribution >= 4 is 34.0 Å². The van der Waals surface area contributed by atoms with Gasteiger partial charge in [-0.1, -0.05) is 11.6 Å². The zero-order valence-electron chi connectivity index (χ0n) is 12.4. The minimum atomic E-state index is -0.471. The number of thiazole rings is 1. The second kappa shape index (κ2) is 6.94. The molecule has 1 aromatic carbocycles. The molecule has 1 amide bonds. The first-order valence-electron chi connectivity index (χ1n) is 6.79. The second-order valence-electron chi connectivity index (χ2n) is 4.71. The Labute approximate surface area is 146 Å². The Bertz CT molecular complexity index is 883. The van der Waals surface area contributed by atoms with Crippen LogP contribution in [0, 0.1) is 5.82 Å². The number of hydrogen-bond acceptors (Lipinski definition) is 5. The van der Waals surface area contributed by atoms with Crippen LogP contribution in [0.15, 0.2) is 41.9 Å². The van der Waals surface area contributed by atoms with Crippen LogP contribution < -0.4 is 10.1 Å². The molecule has 2 aromatic heterocycles. The topological polar surface area (TPSA) is 64.1 Å². The Morgan fingerprint density at radius 1 is 1.33 bits per heavy atom. The first kappa shape index (κ1) is 16.4. The van der Waals surface area contributed by atoms with Crippen LogP contribution in [-0.2, 0) is 0 Å². The highest BCUT2D eigenvalue weighted by atomic mass is 35.5. The Morgan fingerprint density at radius 2 is 2.17 bits per heavy atom. The van der Waals surface area contributed by atoms with Gasteiger partial charge in [0.15, 0.2) is 16.7 Å². The van der Waals surface area contributed by atoms with Gasteiger partial charge < -0.3 is 4.74 Å². The second-order valence-corrected chi connectivity index (χ2v) is 5.96. The number of benzene rings is 1. The molecule has 5 nitrogen and oxygen atoms in total. The molecule has 0 radical (unpaired) electrons. The van der Waals surface area contributed by atoms with Crippen molar-refractivity contribution in [1.29, 1.82) is 0 Å². The lowest BCUT2D eigenvalue weighted by molar-refractivity contribution is 0.102. The van der Waals surface area contributed by atoms with Crippen molar-refractivity contribution in [2.24, 2.45) is 0 Å². The van der Waals surface area contributed by atoms with E-state index in [1.807, 2.05) is 0 Å². The summed E-state index contributed by atoms with van der Waals surface area (Å²) >= 11 is 6.93. The van der Waals surface area contributed by atoms with Gasteiger partial charge in [-0.05, 0) is 30.3 Å². The number of aromatic nitrogens is 2. The van der Waals surface area contributed by atoms with Gasteiger partial charge in [-0.3, -0.25) is 10.1 Å². The van der Waals surface area contributed by atoms with Crippen molar-refractivity contribution in [2.45, 2.75) is 0 Å². The van der Waals surface area contributed by atoms with E-state index in [-0.39, 0.29) is 11.7 Å². The van der Waals surface area contributed by atoms with Crippen LogP contribution in [0.25, 0.3) is 11.3 Å². The molecule has 24 heavy (non-hydrogen) atoms. The van der Waals surface area contributed by atoms with Crippen molar-refractivity contribution in [3.05, 3.63) is 58.4 Å².